The van der Waals surface area contributed by atoms with Gasteiger partial charge >= 0.3 is 5.97 Å². The van der Waals surface area contributed by atoms with Crippen molar-refractivity contribution in [2.75, 3.05) is 6.61 Å². The minimum atomic E-state index is -0.680. The Bertz CT molecular complexity index is 996. The molecular weight excluding hydrogens is 352 g/mol. The van der Waals surface area contributed by atoms with E-state index in [1.165, 1.54) is 11.3 Å². The standard InChI is InChI=1S/C19H16N2O4S/c1-11-13-6-3-4-7-14(13)20-12(2)17(11)19(24)25-10-16(22)21-18(23)15-8-5-9-26-15/h3-9H,10H2,1-2H3,(H,21,22,23). The Kier molecular flexibility index (Phi) is 5.09. The van der Waals surface area contributed by atoms with E-state index < -0.39 is 24.4 Å². The van der Waals surface area contributed by atoms with Crippen molar-refractivity contribution in [1.29, 1.82) is 0 Å². The minimum absolute atomic E-state index is 0.334. The molecule has 0 bridgehead atoms. The average Bonchev–Trinajstić information content (AvgIpc) is 3.15. The van der Waals surface area contributed by atoms with Crippen LogP contribution in [0.2, 0.25) is 0 Å². The molecule has 2 heterocycles. The molecule has 132 valence electrons. The maximum absolute atomic E-state index is 12.4. The lowest BCUT2D eigenvalue weighted by Crippen LogP contribution is -2.33. The molecule has 0 unspecified atom stereocenters. The number of imide groups is 1. The number of para-hydroxylation sites is 1. The van der Waals surface area contributed by atoms with Gasteiger partial charge < -0.3 is 4.74 Å². The van der Waals surface area contributed by atoms with Crippen molar-refractivity contribution in [3.05, 3.63) is 63.5 Å². The van der Waals surface area contributed by atoms with Crippen LogP contribution in [0.15, 0.2) is 41.8 Å². The Balaban J connectivity index is 1.69. The molecule has 0 aliphatic carbocycles. The van der Waals surface area contributed by atoms with Gasteiger partial charge in [0, 0.05) is 5.39 Å². The van der Waals surface area contributed by atoms with E-state index in [4.69, 9.17) is 4.74 Å². The van der Waals surface area contributed by atoms with Gasteiger partial charge in [-0.15, -0.1) is 11.3 Å². The molecule has 2 aromatic heterocycles. The van der Waals surface area contributed by atoms with Crippen LogP contribution in [0.4, 0.5) is 0 Å². The summed E-state index contributed by atoms with van der Waals surface area (Å²) in [5, 5.41) is 4.77. The summed E-state index contributed by atoms with van der Waals surface area (Å²) in [4.78, 5) is 40.9. The molecule has 0 saturated heterocycles. The summed E-state index contributed by atoms with van der Waals surface area (Å²) in [6, 6.07) is 10.8. The lowest BCUT2D eigenvalue weighted by atomic mass is 10.0. The molecule has 0 radical (unpaired) electrons. The van der Waals surface area contributed by atoms with Crippen molar-refractivity contribution in [2.24, 2.45) is 0 Å². The maximum atomic E-state index is 12.4. The van der Waals surface area contributed by atoms with Gasteiger partial charge in [0.15, 0.2) is 6.61 Å². The highest BCUT2D eigenvalue weighted by Gasteiger charge is 2.19. The molecule has 7 heteroatoms. The van der Waals surface area contributed by atoms with Gasteiger partial charge in [-0.05, 0) is 36.9 Å². The van der Waals surface area contributed by atoms with Gasteiger partial charge in [-0.3, -0.25) is 19.9 Å². The fourth-order valence-electron chi connectivity index (χ4n) is 2.67. The van der Waals surface area contributed by atoms with Gasteiger partial charge in [0.05, 0.1) is 21.7 Å². The SMILES string of the molecule is Cc1nc2ccccc2c(C)c1C(=O)OCC(=O)NC(=O)c1cccs1. The monoisotopic (exact) mass is 368 g/mol. The van der Waals surface area contributed by atoms with E-state index in [-0.39, 0.29) is 0 Å². The molecule has 1 aromatic carbocycles. The minimum Gasteiger partial charge on any atom is -0.452 e. The number of hydrogen-bond acceptors (Lipinski definition) is 6. The van der Waals surface area contributed by atoms with Gasteiger partial charge in [0.25, 0.3) is 11.8 Å². The summed E-state index contributed by atoms with van der Waals surface area (Å²) in [5.41, 5.74) is 2.40. The Morgan fingerprint density at radius 3 is 2.62 bits per heavy atom. The molecule has 6 nitrogen and oxygen atoms in total. The van der Waals surface area contributed by atoms with Crippen LogP contribution < -0.4 is 5.32 Å². The van der Waals surface area contributed by atoms with E-state index in [0.29, 0.717) is 16.1 Å². The van der Waals surface area contributed by atoms with Crippen LogP contribution in [0, 0.1) is 13.8 Å². The second-order valence-electron chi connectivity index (χ2n) is 5.65. The van der Waals surface area contributed by atoms with Crippen molar-refractivity contribution in [2.45, 2.75) is 13.8 Å². The van der Waals surface area contributed by atoms with Crippen LogP contribution >= 0.6 is 11.3 Å². The van der Waals surface area contributed by atoms with Crippen molar-refractivity contribution in [3.63, 3.8) is 0 Å². The number of esters is 1. The summed E-state index contributed by atoms with van der Waals surface area (Å²) < 4.78 is 5.08. The fourth-order valence-corrected chi connectivity index (χ4v) is 3.29. The normalized spacial score (nSPS) is 10.5. The molecule has 1 N–H and O–H groups in total. The number of amides is 2. The first kappa shape index (κ1) is 17.8. The van der Waals surface area contributed by atoms with E-state index in [2.05, 4.69) is 10.3 Å². The maximum Gasteiger partial charge on any atom is 0.340 e. The predicted molar refractivity (Wildman–Crippen MR) is 98.3 cm³/mol. The number of rotatable bonds is 4. The molecule has 0 spiro atoms. The van der Waals surface area contributed by atoms with Crippen LogP contribution in [-0.2, 0) is 9.53 Å². The zero-order chi connectivity index (χ0) is 18.7. The van der Waals surface area contributed by atoms with Crippen LogP contribution in [0.1, 0.15) is 31.3 Å². The summed E-state index contributed by atoms with van der Waals surface area (Å²) in [7, 11) is 0. The smallest absolute Gasteiger partial charge is 0.340 e. The molecule has 0 saturated carbocycles. The second-order valence-corrected chi connectivity index (χ2v) is 6.59. The van der Waals surface area contributed by atoms with Crippen molar-refractivity contribution < 1.29 is 19.1 Å². The van der Waals surface area contributed by atoms with Gasteiger partial charge in [-0.2, -0.15) is 0 Å². The van der Waals surface area contributed by atoms with Crippen LogP contribution in [0.3, 0.4) is 0 Å². The summed E-state index contributed by atoms with van der Waals surface area (Å²) >= 11 is 1.22. The van der Waals surface area contributed by atoms with E-state index in [1.54, 1.807) is 24.4 Å². The van der Waals surface area contributed by atoms with E-state index in [0.717, 1.165) is 16.5 Å². The molecule has 2 amide bonds. The second kappa shape index (κ2) is 7.45. The van der Waals surface area contributed by atoms with Crippen molar-refractivity contribution >= 4 is 40.0 Å². The number of hydrogen-bond donors (Lipinski definition) is 1. The third kappa shape index (κ3) is 3.62. The Morgan fingerprint density at radius 1 is 1.12 bits per heavy atom. The number of thiophene rings is 1. The Morgan fingerprint density at radius 2 is 1.88 bits per heavy atom. The highest BCUT2D eigenvalue weighted by Crippen LogP contribution is 2.23. The lowest BCUT2D eigenvalue weighted by Gasteiger charge is -2.12. The zero-order valence-corrected chi connectivity index (χ0v) is 15.1. The summed E-state index contributed by atoms with van der Waals surface area (Å²) in [6.07, 6.45) is 0. The number of ether oxygens (including phenoxy) is 1. The number of nitrogens with zero attached hydrogens (tertiary/aromatic N) is 1. The number of aryl methyl sites for hydroxylation is 2. The van der Waals surface area contributed by atoms with Crippen LogP contribution in [0.5, 0.6) is 0 Å². The molecule has 0 fully saturated rings. The quantitative estimate of drug-likeness (QED) is 0.716. The highest BCUT2D eigenvalue weighted by atomic mass is 32.1. The first-order chi connectivity index (χ1) is 12.5. The molecule has 0 aliphatic heterocycles. The third-order valence-electron chi connectivity index (χ3n) is 3.87. The van der Waals surface area contributed by atoms with Crippen LogP contribution in [0.25, 0.3) is 10.9 Å². The van der Waals surface area contributed by atoms with E-state index in [1.807, 2.05) is 31.2 Å². The highest BCUT2D eigenvalue weighted by molar-refractivity contribution is 7.12. The Hall–Kier alpha value is -3.06. The molecule has 26 heavy (non-hydrogen) atoms. The predicted octanol–water partition coefficient (Wildman–Crippen LogP) is 3.03. The number of pyridine rings is 1. The largest absolute Gasteiger partial charge is 0.452 e. The lowest BCUT2D eigenvalue weighted by molar-refractivity contribution is -0.123. The first-order valence-electron chi connectivity index (χ1n) is 7.88. The molecule has 3 rings (SSSR count). The number of aromatic nitrogens is 1. The number of fused-ring (bicyclic) bond motifs is 1. The number of nitrogens with one attached hydrogen (secondary N) is 1. The Labute approximate surface area is 153 Å². The third-order valence-corrected chi connectivity index (χ3v) is 4.74. The van der Waals surface area contributed by atoms with E-state index in [9.17, 15) is 14.4 Å². The zero-order valence-electron chi connectivity index (χ0n) is 14.2. The topological polar surface area (TPSA) is 85.4 Å². The molecule has 0 atom stereocenters. The number of carbonyl (C=O) groups excluding carboxylic acids is 3. The van der Waals surface area contributed by atoms with Gasteiger partial charge in [-0.1, -0.05) is 24.3 Å². The molecule has 3 aromatic rings. The number of benzene rings is 1. The number of carbonyl (C=O) groups is 3. The first-order valence-corrected chi connectivity index (χ1v) is 8.76. The fraction of sp³-hybridized carbons (Fsp3) is 0.158. The van der Waals surface area contributed by atoms with Gasteiger partial charge in [-0.25, -0.2) is 4.79 Å². The van der Waals surface area contributed by atoms with Crippen LogP contribution in [-0.4, -0.2) is 29.4 Å². The molecule has 0 aliphatic rings. The summed E-state index contributed by atoms with van der Waals surface area (Å²) in [5.74, 6) is -1.83. The average molecular weight is 368 g/mol. The van der Waals surface area contributed by atoms with Crippen molar-refractivity contribution in [3.8, 4) is 0 Å². The van der Waals surface area contributed by atoms with E-state index >= 15 is 0 Å². The summed E-state index contributed by atoms with van der Waals surface area (Å²) in [6.45, 7) is 2.99. The van der Waals surface area contributed by atoms with Gasteiger partial charge in [0.2, 0.25) is 0 Å². The van der Waals surface area contributed by atoms with Crippen molar-refractivity contribution in [1.82, 2.24) is 10.3 Å². The van der Waals surface area contributed by atoms with Gasteiger partial charge in [0.1, 0.15) is 0 Å². The molecular formula is C19H16N2O4S.